The van der Waals surface area contributed by atoms with Crippen LogP contribution in [0.25, 0.3) is 11.1 Å². The number of phosphoric acid groups is 1. The molecule has 0 bridgehead atoms. The predicted octanol–water partition coefficient (Wildman–Crippen LogP) is 6.85. The Bertz CT molecular complexity index is 1700. The summed E-state index contributed by atoms with van der Waals surface area (Å²) in [7, 11) is -0.939. The third kappa shape index (κ3) is 8.84. The van der Waals surface area contributed by atoms with Crippen LogP contribution in [0.3, 0.4) is 0 Å². The first-order valence-corrected chi connectivity index (χ1v) is 17.3. The minimum atomic E-state index is -4.54. The number of aromatic nitrogens is 1. The van der Waals surface area contributed by atoms with Crippen LogP contribution in [-0.4, -0.2) is 68.0 Å². The number of quaternary nitrogens is 1. The maximum absolute atomic E-state index is 14.1. The van der Waals surface area contributed by atoms with Gasteiger partial charge in [0.15, 0.2) is 6.73 Å². The lowest BCUT2D eigenvalue weighted by molar-refractivity contribution is -0.925. The van der Waals surface area contributed by atoms with Gasteiger partial charge in [0, 0.05) is 12.6 Å². The van der Waals surface area contributed by atoms with Crippen LogP contribution in [0.15, 0.2) is 54.7 Å². The van der Waals surface area contributed by atoms with Crippen LogP contribution in [0, 0.1) is 13.8 Å². The van der Waals surface area contributed by atoms with Gasteiger partial charge in [0.1, 0.15) is 5.82 Å². The summed E-state index contributed by atoms with van der Waals surface area (Å²) >= 11 is 0. The van der Waals surface area contributed by atoms with Crippen molar-refractivity contribution in [1.82, 2.24) is 4.98 Å². The van der Waals surface area contributed by atoms with Crippen LogP contribution in [0.1, 0.15) is 56.9 Å². The van der Waals surface area contributed by atoms with Crippen molar-refractivity contribution in [3.63, 3.8) is 0 Å². The van der Waals surface area contributed by atoms with Gasteiger partial charge in [-0.1, -0.05) is 35.9 Å². The number of carbonyl (C=O) groups excluding carboxylic acids is 1. The van der Waals surface area contributed by atoms with Gasteiger partial charge in [0.25, 0.3) is 7.82 Å². The van der Waals surface area contributed by atoms with E-state index in [0.717, 1.165) is 28.8 Å². The van der Waals surface area contributed by atoms with Crippen molar-refractivity contribution in [1.29, 1.82) is 0 Å². The molecule has 0 spiro atoms. The summed E-state index contributed by atoms with van der Waals surface area (Å²) in [5.74, 6) is 0.297. The zero-order valence-electron chi connectivity index (χ0n) is 29.1. The first-order valence-electron chi connectivity index (χ1n) is 15.8. The van der Waals surface area contributed by atoms with Crippen LogP contribution in [0.2, 0.25) is 0 Å². The van der Waals surface area contributed by atoms with E-state index in [1.165, 1.54) is 4.90 Å². The standard InChI is InChI=1S/C35H46F3N4O5P/c1-24-18-26(20-27(19-24)35(36,37)38)34(6,7)32(43)40(8)30-22-39-31(21-29(30)28-13-11-10-12-25(28)2)41-14-16-42(9,17-15-41)23-46-48(44,45)47-33(3,4)5/h10-13,18-22H,14-17,23H2,1-9H3. The number of aryl methyl sites for hydroxylation is 2. The summed E-state index contributed by atoms with van der Waals surface area (Å²) in [6.45, 7) is 14.0. The second-order valence-electron chi connectivity index (χ2n) is 14.4. The van der Waals surface area contributed by atoms with Gasteiger partial charge in [-0.3, -0.25) is 13.9 Å². The molecule has 1 fully saturated rings. The van der Waals surface area contributed by atoms with Gasteiger partial charge >= 0.3 is 6.18 Å². The first-order chi connectivity index (χ1) is 22.0. The SMILES string of the molecule is Cc1cc(C(F)(F)F)cc(C(C)(C)C(=O)N(C)c2cnc(N3CC[N+](C)(COP(=O)([O-])OC(C)(C)C)CC3)cc2-c2ccccc2C)c1. The normalized spacial score (nSPS) is 16.8. The maximum Gasteiger partial charge on any atom is 0.416 e. The molecule has 1 aliphatic rings. The number of benzene rings is 2. The minimum absolute atomic E-state index is 0.0559. The van der Waals surface area contributed by atoms with Crippen molar-refractivity contribution in [3.05, 3.63) is 77.0 Å². The van der Waals surface area contributed by atoms with Crippen molar-refractivity contribution in [3.8, 4) is 11.1 Å². The molecule has 2 aromatic carbocycles. The number of alkyl halides is 3. The lowest BCUT2D eigenvalue weighted by Crippen LogP contribution is -2.58. The van der Waals surface area contributed by atoms with E-state index in [-0.39, 0.29) is 18.2 Å². The fourth-order valence-corrected chi connectivity index (χ4v) is 6.95. The van der Waals surface area contributed by atoms with Gasteiger partial charge in [-0.25, -0.2) is 4.98 Å². The lowest BCUT2D eigenvalue weighted by atomic mass is 9.81. The topological polar surface area (TPSA) is 95.0 Å². The van der Waals surface area contributed by atoms with Gasteiger partial charge in [-0.05, 0) is 83.4 Å². The Hall–Kier alpha value is -3.28. The van der Waals surface area contributed by atoms with Crippen molar-refractivity contribution in [2.45, 2.75) is 65.7 Å². The molecule has 1 saturated heterocycles. The van der Waals surface area contributed by atoms with E-state index in [2.05, 4.69) is 4.90 Å². The summed E-state index contributed by atoms with van der Waals surface area (Å²) in [6.07, 6.45) is -2.91. The Labute approximate surface area is 281 Å². The Morgan fingerprint density at radius 1 is 1.00 bits per heavy atom. The number of piperazine rings is 1. The average molecular weight is 691 g/mol. The van der Waals surface area contributed by atoms with E-state index in [1.54, 1.807) is 60.9 Å². The molecule has 0 radical (unpaired) electrons. The van der Waals surface area contributed by atoms with Gasteiger partial charge in [-0.2, -0.15) is 13.2 Å². The highest BCUT2D eigenvalue weighted by Gasteiger charge is 2.38. The number of hydrogen-bond acceptors (Lipinski definition) is 7. The number of carbonyl (C=O) groups is 1. The largest absolute Gasteiger partial charge is 0.756 e. The molecule has 3 aromatic rings. The van der Waals surface area contributed by atoms with E-state index in [9.17, 15) is 27.4 Å². The summed E-state index contributed by atoms with van der Waals surface area (Å²) < 4.78 is 64.1. The molecule has 48 heavy (non-hydrogen) atoms. The molecule has 0 aliphatic carbocycles. The fourth-order valence-electron chi connectivity index (χ4n) is 5.81. The molecule has 262 valence electrons. The number of rotatable bonds is 9. The van der Waals surface area contributed by atoms with Gasteiger partial charge in [0.05, 0.1) is 61.7 Å². The second-order valence-corrected chi connectivity index (χ2v) is 15.7. The van der Waals surface area contributed by atoms with Gasteiger partial charge in [-0.15, -0.1) is 0 Å². The quantitative estimate of drug-likeness (QED) is 0.179. The number of halogens is 3. The molecule has 13 heteroatoms. The molecule has 0 saturated carbocycles. The number of amides is 1. The van der Waals surface area contributed by atoms with Gasteiger partial charge < -0.3 is 23.7 Å². The third-order valence-electron chi connectivity index (χ3n) is 8.69. The van der Waals surface area contributed by atoms with Crippen molar-refractivity contribution in [2.75, 3.05) is 56.8 Å². The molecule has 1 unspecified atom stereocenters. The van der Waals surface area contributed by atoms with Crippen molar-refractivity contribution < 1.29 is 41.0 Å². The summed E-state index contributed by atoms with van der Waals surface area (Å²) in [6, 6.07) is 13.4. The average Bonchev–Trinajstić information content (AvgIpc) is 2.98. The minimum Gasteiger partial charge on any atom is -0.756 e. The maximum atomic E-state index is 14.1. The first kappa shape index (κ1) is 37.5. The number of anilines is 2. The van der Waals surface area contributed by atoms with Crippen LogP contribution in [0.4, 0.5) is 24.7 Å². The Kier molecular flexibility index (Phi) is 10.6. The van der Waals surface area contributed by atoms with Crippen molar-refractivity contribution >= 4 is 25.2 Å². The van der Waals surface area contributed by atoms with E-state index in [4.69, 9.17) is 14.0 Å². The molecule has 4 rings (SSSR count). The van der Waals surface area contributed by atoms with Crippen LogP contribution >= 0.6 is 7.82 Å². The summed E-state index contributed by atoms with van der Waals surface area (Å²) in [4.78, 5) is 34.8. The number of pyridine rings is 1. The van der Waals surface area contributed by atoms with Crippen LogP contribution < -0.4 is 14.7 Å². The van der Waals surface area contributed by atoms with Crippen LogP contribution in [-0.2, 0) is 30.0 Å². The molecule has 1 aromatic heterocycles. The lowest BCUT2D eigenvalue weighted by Gasteiger charge is -2.43. The van der Waals surface area contributed by atoms with E-state index in [0.29, 0.717) is 47.7 Å². The molecule has 1 aliphatic heterocycles. The number of hydrogen-bond donors (Lipinski definition) is 0. The third-order valence-corrected chi connectivity index (χ3v) is 9.89. The Morgan fingerprint density at radius 3 is 2.19 bits per heavy atom. The predicted molar refractivity (Wildman–Crippen MR) is 180 cm³/mol. The fraction of sp³-hybridized carbons (Fsp3) is 0.486. The zero-order chi connectivity index (χ0) is 35.9. The number of phosphoric ester groups is 1. The smallest absolute Gasteiger partial charge is 0.416 e. The van der Waals surface area contributed by atoms with E-state index >= 15 is 0 Å². The molecular weight excluding hydrogens is 644 g/mol. The van der Waals surface area contributed by atoms with Crippen LogP contribution in [0.5, 0.6) is 0 Å². The number of nitrogens with zero attached hydrogens (tertiary/aromatic N) is 4. The monoisotopic (exact) mass is 690 g/mol. The molecular formula is C35H46F3N4O5P. The second kappa shape index (κ2) is 13.6. The van der Waals surface area contributed by atoms with E-state index < -0.39 is 30.6 Å². The highest BCUT2D eigenvalue weighted by Crippen LogP contribution is 2.44. The summed E-state index contributed by atoms with van der Waals surface area (Å²) in [5, 5.41) is 0. The molecule has 2 heterocycles. The molecule has 1 amide bonds. The Morgan fingerprint density at radius 2 is 1.60 bits per heavy atom. The van der Waals surface area contributed by atoms with E-state index in [1.807, 2.05) is 44.3 Å². The number of likely N-dealkylation sites (N-methyl/N-ethyl adjacent to an activating group) is 2. The van der Waals surface area contributed by atoms with Gasteiger partial charge in [0.2, 0.25) is 5.91 Å². The zero-order valence-corrected chi connectivity index (χ0v) is 30.0. The highest BCUT2D eigenvalue weighted by atomic mass is 31.2. The van der Waals surface area contributed by atoms with Crippen molar-refractivity contribution in [2.24, 2.45) is 0 Å². The Balaban J connectivity index is 1.62. The molecule has 1 atom stereocenters. The summed E-state index contributed by atoms with van der Waals surface area (Å²) in [5.41, 5.74) is 0.843. The highest BCUT2D eigenvalue weighted by molar-refractivity contribution is 7.45. The molecule has 0 N–H and O–H groups in total. The molecule has 9 nitrogen and oxygen atoms in total.